The molecule has 1 aromatic carbocycles. The van der Waals surface area contributed by atoms with Gasteiger partial charge in [0.2, 0.25) is 5.91 Å². The lowest BCUT2D eigenvalue weighted by Gasteiger charge is -2.37. The largest absolute Gasteiger partial charge is 0.444 e. The second-order valence-corrected chi connectivity index (χ2v) is 13.8. The van der Waals surface area contributed by atoms with Crippen molar-refractivity contribution in [2.75, 3.05) is 13.1 Å². The summed E-state index contributed by atoms with van der Waals surface area (Å²) in [6, 6.07) is 7.97. The van der Waals surface area contributed by atoms with Crippen molar-refractivity contribution in [1.82, 2.24) is 25.1 Å². The van der Waals surface area contributed by atoms with Crippen LogP contribution in [0.25, 0.3) is 11.3 Å². The molecule has 1 saturated carbocycles. The number of rotatable bonds is 5. The number of hydrogen-bond acceptors (Lipinski definition) is 6. The van der Waals surface area contributed by atoms with Crippen LogP contribution in [0, 0.1) is 0 Å². The maximum Gasteiger partial charge on any atom is 0.410 e. The molecule has 42 heavy (non-hydrogen) atoms. The summed E-state index contributed by atoms with van der Waals surface area (Å²) in [5.74, 6) is 1.08. The van der Waals surface area contributed by atoms with Gasteiger partial charge in [0.25, 0.3) is 0 Å². The van der Waals surface area contributed by atoms with E-state index in [1.807, 2.05) is 47.7 Å². The van der Waals surface area contributed by atoms with Gasteiger partial charge in [-0.1, -0.05) is 24.3 Å². The number of likely N-dealkylation sites (tertiary alicyclic amines) is 2. The van der Waals surface area contributed by atoms with Crippen LogP contribution < -0.4 is 5.32 Å². The minimum atomic E-state index is -0.587. The third kappa shape index (κ3) is 6.90. The van der Waals surface area contributed by atoms with E-state index in [0.717, 1.165) is 49.2 Å². The Kier molecular flexibility index (Phi) is 8.27. The van der Waals surface area contributed by atoms with E-state index in [1.165, 1.54) is 5.56 Å². The van der Waals surface area contributed by atoms with Gasteiger partial charge in [0.1, 0.15) is 23.1 Å². The normalized spacial score (nSPS) is 24.3. The number of ether oxygens (including phenoxy) is 2. The Morgan fingerprint density at radius 1 is 0.881 bits per heavy atom. The molecule has 5 rings (SSSR count). The van der Waals surface area contributed by atoms with Gasteiger partial charge in [0.05, 0.1) is 11.7 Å². The molecule has 10 heteroatoms. The van der Waals surface area contributed by atoms with Crippen LogP contribution in [0.1, 0.15) is 103 Å². The van der Waals surface area contributed by atoms with Crippen LogP contribution >= 0.6 is 0 Å². The SMILES string of the molecule is CC(C)(C)OC(=O)N1CCC[C@H]1C(=O)NC1CC(c2ccc(-c3c[nH]c([C@@H]4CCCN4C(=O)OC(C)(C)C)n3)cc2)C1. The molecule has 10 nitrogen and oxygen atoms in total. The molecule has 0 spiro atoms. The molecule has 2 aliphatic heterocycles. The summed E-state index contributed by atoms with van der Waals surface area (Å²) in [5.41, 5.74) is 1.97. The molecular formula is C32H45N5O5. The summed E-state index contributed by atoms with van der Waals surface area (Å²) < 4.78 is 11.1. The average molecular weight is 580 g/mol. The number of aromatic nitrogens is 2. The van der Waals surface area contributed by atoms with E-state index >= 15 is 0 Å². The number of benzene rings is 1. The molecule has 0 unspecified atom stereocenters. The van der Waals surface area contributed by atoms with Gasteiger partial charge < -0.3 is 19.8 Å². The minimum absolute atomic E-state index is 0.0843. The van der Waals surface area contributed by atoms with Gasteiger partial charge in [-0.05, 0) is 91.5 Å². The van der Waals surface area contributed by atoms with Crippen molar-refractivity contribution in [2.24, 2.45) is 0 Å². The van der Waals surface area contributed by atoms with E-state index in [2.05, 4.69) is 34.6 Å². The lowest BCUT2D eigenvalue weighted by atomic mass is 9.75. The highest BCUT2D eigenvalue weighted by molar-refractivity contribution is 5.86. The van der Waals surface area contributed by atoms with E-state index in [4.69, 9.17) is 14.5 Å². The van der Waals surface area contributed by atoms with Crippen molar-refractivity contribution >= 4 is 18.1 Å². The number of aromatic amines is 1. The maximum atomic E-state index is 13.0. The molecule has 2 N–H and O–H groups in total. The summed E-state index contributed by atoms with van der Waals surface area (Å²) in [5, 5.41) is 3.16. The lowest BCUT2D eigenvalue weighted by molar-refractivity contribution is -0.126. The number of carbonyl (C=O) groups excluding carboxylic acids is 3. The fourth-order valence-corrected chi connectivity index (χ4v) is 6.05. The van der Waals surface area contributed by atoms with Crippen molar-refractivity contribution in [1.29, 1.82) is 0 Å². The zero-order valence-electron chi connectivity index (χ0n) is 25.7. The highest BCUT2D eigenvalue weighted by Gasteiger charge is 2.39. The number of amides is 3. The molecule has 2 saturated heterocycles. The second-order valence-electron chi connectivity index (χ2n) is 13.8. The van der Waals surface area contributed by atoms with Crippen molar-refractivity contribution < 1.29 is 23.9 Å². The molecule has 1 aromatic heterocycles. The molecule has 0 radical (unpaired) electrons. The Morgan fingerprint density at radius 3 is 2.12 bits per heavy atom. The number of nitrogens with zero attached hydrogens (tertiary/aromatic N) is 3. The fourth-order valence-electron chi connectivity index (χ4n) is 6.05. The van der Waals surface area contributed by atoms with Gasteiger partial charge in [-0.15, -0.1) is 0 Å². The Balaban J connectivity index is 1.13. The number of hydrogen-bond donors (Lipinski definition) is 2. The van der Waals surface area contributed by atoms with Crippen LogP contribution in [0.2, 0.25) is 0 Å². The number of carbonyl (C=O) groups is 3. The summed E-state index contributed by atoms with van der Waals surface area (Å²) in [7, 11) is 0. The molecule has 2 aromatic rings. The van der Waals surface area contributed by atoms with Crippen LogP contribution in [-0.2, 0) is 14.3 Å². The third-order valence-electron chi connectivity index (χ3n) is 8.14. The van der Waals surface area contributed by atoms with E-state index < -0.39 is 23.3 Å². The number of imidazole rings is 1. The van der Waals surface area contributed by atoms with Crippen LogP contribution in [0.3, 0.4) is 0 Å². The topological polar surface area (TPSA) is 117 Å². The van der Waals surface area contributed by atoms with Crippen LogP contribution in [0.4, 0.5) is 9.59 Å². The fraction of sp³-hybridized carbons (Fsp3) is 0.625. The minimum Gasteiger partial charge on any atom is -0.444 e. The predicted molar refractivity (Wildman–Crippen MR) is 159 cm³/mol. The van der Waals surface area contributed by atoms with Crippen molar-refractivity contribution in [3.8, 4) is 11.3 Å². The molecule has 0 bridgehead atoms. The summed E-state index contributed by atoms with van der Waals surface area (Å²) in [6.45, 7) is 12.3. The molecule has 228 valence electrons. The zero-order valence-corrected chi connectivity index (χ0v) is 25.7. The van der Waals surface area contributed by atoms with Crippen molar-refractivity contribution in [3.05, 3.63) is 41.9 Å². The molecule has 3 fully saturated rings. The standard InChI is InChI=1S/C32H45N5O5/c1-31(2,3)41-29(39)36-15-7-9-25(36)27-33-19-24(35-27)21-13-11-20(12-14-21)22-17-23(18-22)34-28(38)26-10-8-16-37(26)30(40)42-32(4,5)6/h11-14,19,22-23,25-26H,7-10,15-18H2,1-6H3,(H,33,35)(H,34,38)/t22?,23?,25-,26-/m0/s1. The Morgan fingerprint density at radius 2 is 1.48 bits per heavy atom. The van der Waals surface area contributed by atoms with E-state index in [1.54, 1.807) is 9.80 Å². The van der Waals surface area contributed by atoms with Crippen molar-refractivity contribution in [2.45, 2.75) is 115 Å². The Hall–Kier alpha value is -3.56. The smallest absolute Gasteiger partial charge is 0.410 e. The van der Waals surface area contributed by atoms with Gasteiger partial charge in [0, 0.05) is 30.9 Å². The van der Waals surface area contributed by atoms with Gasteiger partial charge in [-0.25, -0.2) is 14.6 Å². The second kappa shape index (κ2) is 11.6. The summed E-state index contributed by atoms with van der Waals surface area (Å²) in [6.07, 6.45) is 6.16. The van der Waals surface area contributed by atoms with Gasteiger partial charge in [-0.2, -0.15) is 0 Å². The molecule has 3 amide bonds. The van der Waals surface area contributed by atoms with Crippen molar-refractivity contribution in [3.63, 3.8) is 0 Å². The van der Waals surface area contributed by atoms with E-state index in [9.17, 15) is 14.4 Å². The van der Waals surface area contributed by atoms with Gasteiger partial charge in [0.15, 0.2) is 0 Å². The summed E-state index contributed by atoms with van der Waals surface area (Å²) in [4.78, 5) is 49.7. The van der Waals surface area contributed by atoms with Gasteiger partial charge >= 0.3 is 12.2 Å². The van der Waals surface area contributed by atoms with E-state index in [0.29, 0.717) is 25.4 Å². The first-order chi connectivity index (χ1) is 19.8. The maximum absolute atomic E-state index is 13.0. The number of H-pyrrole nitrogens is 1. The third-order valence-corrected chi connectivity index (χ3v) is 8.14. The highest BCUT2D eigenvalue weighted by atomic mass is 16.6. The first-order valence-corrected chi connectivity index (χ1v) is 15.2. The molecule has 2 atom stereocenters. The molecule has 3 aliphatic rings. The Labute approximate surface area is 248 Å². The number of nitrogens with one attached hydrogen (secondary N) is 2. The molecule has 1 aliphatic carbocycles. The monoisotopic (exact) mass is 579 g/mol. The lowest BCUT2D eigenvalue weighted by Crippen LogP contribution is -2.52. The molecule has 3 heterocycles. The quantitative estimate of drug-likeness (QED) is 0.455. The first-order valence-electron chi connectivity index (χ1n) is 15.2. The van der Waals surface area contributed by atoms with Crippen LogP contribution in [0.15, 0.2) is 30.5 Å². The van der Waals surface area contributed by atoms with E-state index in [-0.39, 0.29) is 24.1 Å². The Bertz CT molecular complexity index is 1290. The highest BCUT2D eigenvalue weighted by Crippen LogP contribution is 2.38. The van der Waals surface area contributed by atoms with Crippen LogP contribution in [0.5, 0.6) is 0 Å². The zero-order chi connectivity index (χ0) is 30.2. The van der Waals surface area contributed by atoms with Crippen LogP contribution in [-0.4, -0.2) is 74.2 Å². The predicted octanol–water partition coefficient (Wildman–Crippen LogP) is 5.91. The average Bonchev–Trinajstić information content (AvgIpc) is 3.64. The first kappa shape index (κ1) is 29.9. The summed E-state index contributed by atoms with van der Waals surface area (Å²) >= 11 is 0. The van der Waals surface area contributed by atoms with Gasteiger partial charge in [-0.3, -0.25) is 14.6 Å². The molecular weight excluding hydrogens is 534 g/mol.